The highest BCUT2D eigenvalue weighted by atomic mass is 16.5. The summed E-state index contributed by atoms with van der Waals surface area (Å²) in [5, 5.41) is 6.82. The number of carbonyl (C=O) groups is 1. The predicted molar refractivity (Wildman–Crippen MR) is 80.0 cm³/mol. The molecule has 114 valence electrons. The van der Waals surface area contributed by atoms with Crippen molar-refractivity contribution in [2.75, 3.05) is 20.1 Å². The average Bonchev–Trinajstić information content (AvgIpc) is 2.77. The summed E-state index contributed by atoms with van der Waals surface area (Å²) in [5.41, 5.74) is 1.15. The molecule has 0 aliphatic heterocycles. The number of carbonyl (C=O) groups excluding carboxylic acids is 1. The summed E-state index contributed by atoms with van der Waals surface area (Å²) < 4.78 is 5.16. The number of aryl methyl sites for hydroxylation is 1. The molecule has 5 nitrogen and oxygen atoms in total. The molecule has 0 fully saturated rings. The number of rotatable bonds is 7. The Morgan fingerprint density at radius 2 is 2.05 bits per heavy atom. The van der Waals surface area contributed by atoms with E-state index in [1.165, 1.54) is 0 Å². The lowest BCUT2D eigenvalue weighted by Crippen LogP contribution is -2.50. The van der Waals surface area contributed by atoms with Gasteiger partial charge in [0.2, 0.25) is 0 Å². The number of nitrogens with zero attached hydrogens (tertiary/aromatic N) is 2. The fourth-order valence-corrected chi connectivity index (χ4v) is 2.06. The minimum absolute atomic E-state index is 0.0864. The van der Waals surface area contributed by atoms with Gasteiger partial charge in [-0.2, -0.15) is 0 Å². The largest absolute Gasteiger partial charge is 0.360 e. The summed E-state index contributed by atoms with van der Waals surface area (Å²) >= 11 is 0. The second-order valence-corrected chi connectivity index (χ2v) is 5.85. The van der Waals surface area contributed by atoms with Gasteiger partial charge in [-0.1, -0.05) is 19.0 Å². The van der Waals surface area contributed by atoms with Crippen molar-refractivity contribution in [3.63, 3.8) is 0 Å². The first kappa shape index (κ1) is 16.7. The lowest BCUT2D eigenvalue weighted by Gasteiger charge is -2.35. The highest BCUT2D eigenvalue weighted by molar-refractivity contribution is 5.93. The molecule has 0 bridgehead atoms. The third-order valence-electron chi connectivity index (χ3n) is 3.83. The summed E-state index contributed by atoms with van der Waals surface area (Å²) in [5.74, 6) is 0.612. The van der Waals surface area contributed by atoms with E-state index in [-0.39, 0.29) is 11.4 Å². The Morgan fingerprint density at radius 1 is 1.40 bits per heavy atom. The fourth-order valence-electron chi connectivity index (χ4n) is 2.06. The standard InChI is InChI=1S/C15H27N3O2/c1-7-9-18(6)15(4,5)10-16-14(19)13-11(3)12(8-2)20-17-13/h7-10H2,1-6H3,(H,16,19). The molecule has 0 spiro atoms. The van der Waals surface area contributed by atoms with Gasteiger partial charge in [-0.25, -0.2) is 0 Å². The van der Waals surface area contributed by atoms with Crippen molar-refractivity contribution in [1.29, 1.82) is 0 Å². The molecule has 1 N–H and O–H groups in total. The summed E-state index contributed by atoms with van der Waals surface area (Å²) in [6.07, 6.45) is 1.84. The fraction of sp³-hybridized carbons (Fsp3) is 0.733. The number of likely N-dealkylation sites (N-methyl/N-ethyl adjacent to an activating group) is 1. The lowest BCUT2D eigenvalue weighted by atomic mass is 10.0. The van der Waals surface area contributed by atoms with Crippen LogP contribution in [-0.4, -0.2) is 41.6 Å². The molecular formula is C15H27N3O2. The Balaban J connectivity index is 2.65. The van der Waals surface area contributed by atoms with Crippen molar-refractivity contribution in [3.8, 4) is 0 Å². The van der Waals surface area contributed by atoms with E-state index < -0.39 is 0 Å². The van der Waals surface area contributed by atoms with Crippen LogP contribution in [0.5, 0.6) is 0 Å². The monoisotopic (exact) mass is 281 g/mol. The van der Waals surface area contributed by atoms with Gasteiger partial charge in [0.05, 0.1) is 0 Å². The molecule has 1 amide bonds. The molecule has 1 aromatic heterocycles. The minimum Gasteiger partial charge on any atom is -0.360 e. The molecule has 1 rings (SSSR count). The molecule has 0 saturated carbocycles. The van der Waals surface area contributed by atoms with Crippen molar-refractivity contribution in [3.05, 3.63) is 17.0 Å². The maximum atomic E-state index is 12.2. The van der Waals surface area contributed by atoms with Crippen LogP contribution in [0.15, 0.2) is 4.52 Å². The Labute approximate surface area is 121 Å². The van der Waals surface area contributed by atoms with E-state index in [1.54, 1.807) is 0 Å². The highest BCUT2D eigenvalue weighted by Crippen LogP contribution is 2.15. The molecule has 0 aliphatic carbocycles. The van der Waals surface area contributed by atoms with E-state index in [9.17, 15) is 4.79 Å². The Hall–Kier alpha value is -1.36. The van der Waals surface area contributed by atoms with Crippen molar-refractivity contribution < 1.29 is 9.32 Å². The molecule has 0 aromatic carbocycles. The molecule has 0 saturated heterocycles. The molecule has 1 heterocycles. The van der Waals surface area contributed by atoms with Gasteiger partial charge >= 0.3 is 0 Å². The van der Waals surface area contributed by atoms with Crippen molar-refractivity contribution >= 4 is 5.91 Å². The summed E-state index contributed by atoms with van der Waals surface area (Å²) in [6, 6.07) is 0. The third-order valence-corrected chi connectivity index (χ3v) is 3.83. The number of aromatic nitrogens is 1. The first-order valence-electron chi connectivity index (χ1n) is 7.28. The molecule has 0 radical (unpaired) electrons. The van der Waals surface area contributed by atoms with Crippen LogP contribution in [0.1, 0.15) is 55.9 Å². The zero-order valence-corrected chi connectivity index (χ0v) is 13.5. The summed E-state index contributed by atoms with van der Waals surface area (Å²) in [7, 11) is 2.08. The molecular weight excluding hydrogens is 254 g/mol. The second-order valence-electron chi connectivity index (χ2n) is 5.85. The smallest absolute Gasteiger partial charge is 0.273 e. The SMILES string of the molecule is CCCN(C)C(C)(C)CNC(=O)c1noc(CC)c1C. The predicted octanol–water partition coefficient (Wildman–Crippen LogP) is 2.40. The van der Waals surface area contributed by atoms with Gasteiger partial charge in [-0.15, -0.1) is 0 Å². The molecule has 0 aliphatic rings. The second kappa shape index (κ2) is 6.88. The topological polar surface area (TPSA) is 58.4 Å². The molecule has 0 unspecified atom stereocenters. The molecule has 5 heteroatoms. The van der Waals surface area contributed by atoms with E-state index in [0.29, 0.717) is 12.2 Å². The van der Waals surface area contributed by atoms with E-state index in [4.69, 9.17) is 4.52 Å². The van der Waals surface area contributed by atoms with E-state index in [2.05, 4.69) is 43.2 Å². The van der Waals surface area contributed by atoms with Crippen LogP contribution in [0.4, 0.5) is 0 Å². The van der Waals surface area contributed by atoms with Gasteiger partial charge in [0.25, 0.3) is 5.91 Å². The summed E-state index contributed by atoms with van der Waals surface area (Å²) in [4.78, 5) is 14.4. The van der Waals surface area contributed by atoms with Crippen LogP contribution in [-0.2, 0) is 6.42 Å². The van der Waals surface area contributed by atoms with Crippen LogP contribution < -0.4 is 5.32 Å². The van der Waals surface area contributed by atoms with Gasteiger partial charge in [-0.3, -0.25) is 9.69 Å². The zero-order chi connectivity index (χ0) is 15.3. The first-order chi connectivity index (χ1) is 9.33. The van der Waals surface area contributed by atoms with Crippen LogP contribution in [0.25, 0.3) is 0 Å². The summed E-state index contributed by atoms with van der Waals surface area (Å²) in [6.45, 7) is 11.8. The van der Waals surface area contributed by atoms with Crippen molar-refractivity contribution in [2.45, 2.75) is 53.0 Å². The van der Waals surface area contributed by atoms with E-state index >= 15 is 0 Å². The first-order valence-corrected chi connectivity index (χ1v) is 7.28. The number of amides is 1. The Kier molecular flexibility index (Phi) is 5.74. The van der Waals surface area contributed by atoms with Crippen molar-refractivity contribution in [1.82, 2.24) is 15.4 Å². The molecule has 20 heavy (non-hydrogen) atoms. The minimum atomic E-state index is -0.163. The van der Waals surface area contributed by atoms with E-state index in [0.717, 1.165) is 30.7 Å². The lowest BCUT2D eigenvalue weighted by molar-refractivity contribution is 0.0894. The van der Waals surface area contributed by atoms with Crippen molar-refractivity contribution in [2.24, 2.45) is 0 Å². The third kappa shape index (κ3) is 3.82. The Morgan fingerprint density at radius 3 is 2.55 bits per heavy atom. The van der Waals surface area contributed by atoms with E-state index in [1.807, 2.05) is 13.8 Å². The average molecular weight is 281 g/mol. The normalized spacial score (nSPS) is 11.9. The number of hydrogen-bond donors (Lipinski definition) is 1. The van der Waals surface area contributed by atoms with Crippen LogP contribution in [0.2, 0.25) is 0 Å². The van der Waals surface area contributed by atoms with Gasteiger partial charge in [0.1, 0.15) is 5.76 Å². The van der Waals surface area contributed by atoms with Crippen LogP contribution >= 0.6 is 0 Å². The molecule has 1 aromatic rings. The van der Waals surface area contributed by atoms with Crippen LogP contribution in [0.3, 0.4) is 0 Å². The number of nitrogens with one attached hydrogen (secondary N) is 1. The maximum Gasteiger partial charge on any atom is 0.273 e. The Bertz CT molecular complexity index is 452. The van der Waals surface area contributed by atoms with Gasteiger partial charge < -0.3 is 9.84 Å². The van der Waals surface area contributed by atoms with Crippen LogP contribution in [0, 0.1) is 6.92 Å². The number of hydrogen-bond acceptors (Lipinski definition) is 4. The van der Waals surface area contributed by atoms with Gasteiger partial charge in [-0.05, 0) is 40.8 Å². The van der Waals surface area contributed by atoms with Gasteiger partial charge in [0, 0.05) is 24.1 Å². The maximum absolute atomic E-state index is 12.2. The highest BCUT2D eigenvalue weighted by Gasteiger charge is 2.25. The zero-order valence-electron chi connectivity index (χ0n) is 13.5. The quantitative estimate of drug-likeness (QED) is 0.833. The molecule has 0 atom stereocenters. The van der Waals surface area contributed by atoms with Gasteiger partial charge in [0.15, 0.2) is 5.69 Å².